The summed E-state index contributed by atoms with van der Waals surface area (Å²) in [6.45, 7) is 3.20. The van der Waals surface area contributed by atoms with E-state index in [0.29, 0.717) is 13.0 Å². The molecular weight excluding hydrogens is 885 g/mol. The minimum Gasteiger partial charge on any atom is -0.457 e. The second kappa shape index (κ2) is 41.1. The van der Waals surface area contributed by atoms with Gasteiger partial charge in [0.15, 0.2) is 12.6 Å². The Balaban J connectivity index is 1.82. The van der Waals surface area contributed by atoms with Crippen molar-refractivity contribution >= 4 is 5.97 Å². The molecule has 14 nitrogen and oxygen atoms in total. The highest BCUT2D eigenvalue weighted by Gasteiger charge is 2.47. The zero-order valence-corrected chi connectivity index (χ0v) is 41.2. The Morgan fingerprint density at radius 3 is 1.35 bits per heavy atom. The topological polar surface area (TPSA) is 214 Å². The predicted octanol–water partition coefficient (Wildman–Crippen LogP) is 7.40. The molecule has 2 aliphatic heterocycles. The summed E-state index contributed by atoms with van der Waals surface area (Å²) in [4.78, 5) is 13.0. The van der Waals surface area contributed by atoms with Crippen molar-refractivity contribution in [1.82, 2.24) is 0 Å². The third-order valence-electron chi connectivity index (χ3n) is 11.0. The van der Waals surface area contributed by atoms with Gasteiger partial charge in [-0.15, -0.1) is 0 Å². The van der Waals surface area contributed by atoms with Crippen molar-refractivity contribution in [2.75, 3.05) is 33.0 Å². The fourth-order valence-electron chi connectivity index (χ4n) is 6.94. The number of hydrogen-bond acceptors (Lipinski definition) is 14. The lowest BCUT2D eigenvalue weighted by Crippen LogP contribution is -2.61. The van der Waals surface area contributed by atoms with Gasteiger partial charge in [-0.25, -0.2) is 0 Å². The zero-order chi connectivity index (χ0) is 50.2. The Labute approximate surface area is 412 Å². The van der Waals surface area contributed by atoms with E-state index < -0.39 is 86.7 Å². The van der Waals surface area contributed by atoms with Gasteiger partial charge in [0.2, 0.25) is 0 Å². The highest BCUT2D eigenvalue weighted by Crippen LogP contribution is 2.26. The Bertz CT molecular complexity index is 1600. The molecule has 69 heavy (non-hydrogen) atoms. The summed E-state index contributed by atoms with van der Waals surface area (Å²) in [5.41, 5.74) is 0. The molecule has 0 bridgehead atoms. The van der Waals surface area contributed by atoms with E-state index in [1.165, 1.54) is 0 Å². The van der Waals surface area contributed by atoms with Crippen LogP contribution in [-0.2, 0) is 33.2 Å². The van der Waals surface area contributed by atoms with Crippen LogP contribution in [0.5, 0.6) is 0 Å². The smallest absolute Gasteiger partial charge is 0.306 e. The number of hydrogen-bond donors (Lipinski definition) is 7. The van der Waals surface area contributed by atoms with Gasteiger partial charge in [-0.2, -0.15) is 0 Å². The van der Waals surface area contributed by atoms with Crippen molar-refractivity contribution in [3.63, 3.8) is 0 Å². The number of aliphatic hydroxyl groups is 7. The molecule has 0 radical (unpaired) electrons. The van der Waals surface area contributed by atoms with E-state index in [1.54, 1.807) is 0 Å². The van der Waals surface area contributed by atoms with Crippen LogP contribution in [0.2, 0.25) is 0 Å². The molecule has 2 heterocycles. The molecule has 2 rings (SSSR count). The van der Waals surface area contributed by atoms with Gasteiger partial charge in [-0.3, -0.25) is 4.79 Å². The third kappa shape index (κ3) is 28.7. The Hall–Kier alpha value is -3.61. The first-order chi connectivity index (χ1) is 33.6. The summed E-state index contributed by atoms with van der Waals surface area (Å²) >= 11 is 0. The normalized spacial score (nSPS) is 26.7. The number of esters is 1. The van der Waals surface area contributed by atoms with Crippen molar-refractivity contribution in [3.05, 3.63) is 122 Å². The maximum absolute atomic E-state index is 13.0. The summed E-state index contributed by atoms with van der Waals surface area (Å²) in [6, 6.07) is 0. The summed E-state index contributed by atoms with van der Waals surface area (Å²) < 4.78 is 34.1. The Morgan fingerprint density at radius 1 is 0.478 bits per heavy atom. The van der Waals surface area contributed by atoms with Crippen molar-refractivity contribution in [1.29, 1.82) is 0 Å². The number of carbonyl (C=O) groups excluding carboxylic acids is 1. The fraction of sp³-hybridized carbons (Fsp3) is 0.618. The summed E-state index contributed by atoms with van der Waals surface area (Å²) in [5, 5.41) is 72.1. The van der Waals surface area contributed by atoms with E-state index in [4.69, 9.17) is 28.4 Å². The highest BCUT2D eigenvalue weighted by atomic mass is 16.7. The molecule has 0 saturated carbocycles. The van der Waals surface area contributed by atoms with Crippen molar-refractivity contribution in [2.45, 2.75) is 184 Å². The lowest BCUT2D eigenvalue weighted by Gasteiger charge is -2.42. The Kier molecular flexibility index (Phi) is 36.6. The quantitative estimate of drug-likeness (QED) is 0.0184. The monoisotopic (exact) mass is 971 g/mol. The number of rotatable bonds is 37. The van der Waals surface area contributed by atoms with E-state index in [0.717, 1.165) is 89.9 Å². The summed E-state index contributed by atoms with van der Waals surface area (Å²) in [5.74, 6) is -0.443. The molecular formula is C55H86O14. The average Bonchev–Trinajstić information content (AvgIpc) is 3.35. The first kappa shape index (κ1) is 61.5. The maximum Gasteiger partial charge on any atom is 0.306 e. The average molecular weight is 971 g/mol. The Morgan fingerprint density at radius 2 is 0.884 bits per heavy atom. The SMILES string of the molecule is CC/C=C\C/C=C\C/C=C\C/C=C\C/C=C\C/C=C\CCCCC(=O)OC(COCCC/C=C\C/C=C\C/C=C\C/C=C\CC)COC1OC(COC2OC(CO)C(O)C(O)C2O)C(O)C(O)C1O. The van der Waals surface area contributed by atoms with Crippen LogP contribution in [0.1, 0.15) is 117 Å². The van der Waals surface area contributed by atoms with Crippen molar-refractivity contribution in [2.24, 2.45) is 0 Å². The standard InChI is InChI=1S/C55H86O14/c1-3-5-7-9-11-13-15-17-19-20-21-22-23-24-25-26-28-30-32-34-36-38-47(57)67-44(41-64-39-37-35-33-31-29-27-18-16-14-12-10-8-6-4-2)42-65-54-53(63)51(61)49(59)46(69-54)43-66-55-52(62)50(60)48(58)45(40-56)68-55/h5-8,11-14,17-19,21-22,24-25,27-28,30-31,33,44-46,48-56,58-63H,3-4,9-10,15-16,20,23,26,29,32,34-43H2,1-2H3/b7-5-,8-6-,13-11-,14-12-,19-17-,22-21-,25-24-,27-18-,30-28-,33-31-. The molecule has 2 aliphatic rings. The first-order valence-electron chi connectivity index (χ1n) is 25.1. The minimum absolute atomic E-state index is 0.00384. The van der Waals surface area contributed by atoms with Gasteiger partial charge in [-0.1, -0.05) is 135 Å². The van der Waals surface area contributed by atoms with Crippen molar-refractivity contribution < 1.29 is 69.0 Å². The molecule has 11 unspecified atom stereocenters. The van der Waals surface area contributed by atoms with Gasteiger partial charge in [0, 0.05) is 13.0 Å². The molecule has 14 heteroatoms. The van der Waals surface area contributed by atoms with Gasteiger partial charge in [0.05, 0.1) is 26.4 Å². The van der Waals surface area contributed by atoms with Crippen LogP contribution < -0.4 is 0 Å². The molecule has 390 valence electrons. The zero-order valence-electron chi connectivity index (χ0n) is 41.2. The van der Waals surface area contributed by atoms with Gasteiger partial charge < -0.3 is 64.2 Å². The van der Waals surface area contributed by atoms with Crippen LogP contribution in [-0.4, -0.2) is 142 Å². The van der Waals surface area contributed by atoms with Crippen LogP contribution in [0, 0.1) is 0 Å². The molecule has 0 spiro atoms. The third-order valence-corrected chi connectivity index (χ3v) is 11.0. The molecule has 2 saturated heterocycles. The van der Waals surface area contributed by atoms with E-state index in [-0.39, 0.29) is 19.6 Å². The van der Waals surface area contributed by atoms with E-state index in [1.807, 2.05) is 0 Å². The molecule has 0 aromatic heterocycles. The molecule has 0 amide bonds. The number of aliphatic hydroxyl groups excluding tert-OH is 7. The van der Waals surface area contributed by atoms with Gasteiger partial charge >= 0.3 is 5.97 Å². The second-order valence-corrected chi connectivity index (χ2v) is 16.9. The number of unbranched alkanes of at least 4 members (excludes halogenated alkanes) is 3. The number of allylic oxidation sites excluding steroid dienone is 20. The number of ether oxygens (including phenoxy) is 6. The summed E-state index contributed by atoms with van der Waals surface area (Å²) in [6.07, 6.45) is 39.9. The largest absolute Gasteiger partial charge is 0.457 e. The molecule has 0 aliphatic carbocycles. The molecule has 0 aromatic rings. The lowest BCUT2D eigenvalue weighted by atomic mass is 9.98. The van der Waals surface area contributed by atoms with E-state index >= 15 is 0 Å². The fourth-order valence-corrected chi connectivity index (χ4v) is 6.94. The lowest BCUT2D eigenvalue weighted by molar-refractivity contribution is -0.332. The molecule has 11 atom stereocenters. The first-order valence-corrected chi connectivity index (χ1v) is 25.1. The number of carbonyl (C=O) groups is 1. The van der Waals surface area contributed by atoms with Crippen LogP contribution in [0.15, 0.2) is 122 Å². The van der Waals surface area contributed by atoms with Gasteiger partial charge in [-0.05, 0) is 96.3 Å². The van der Waals surface area contributed by atoms with Crippen LogP contribution in [0.3, 0.4) is 0 Å². The van der Waals surface area contributed by atoms with Crippen LogP contribution >= 0.6 is 0 Å². The maximum atomic E-state index is 13.0. The van der Waals surface area contributed by atoms with E-state index in [9.17, 15) is 40.5 Å². The molecule has 2 fully saturated rings. The summed E-state index contributed by atoms with van der Waals surface area (Å²) in [7, 11) is 0. The van der Waals surface area contributed by atoms with Crippen LogP contribution in [0.4, 0.5) is 0 Å². The molecule has 0 aromatic carbocycles. The van der Waals surface area contributed by atoms with Gasteiger partial charge in [0.1, 0.15) is 54.9 Å². The minimum atomic E-state index is -1.73. The molecule has 7 N–H and O–H groups in total. The highest BCUT2D eigenvalue weighted by molar-refractivity contribution is 5.69. The van der Waals surface area contributed by atoms with E-state index in [2.05, 4.69) is 135 Å². The van der Waals surface area contributed by atoms with Crippen LogP contribution in [0.25, 0.3) is 0 Å². The van der Waals surface area contributed by atoms with Crippen molar-refractivity contribution in [3.8, 4) is 0 Å². The second-order valence-electron chi connectivity index (χ2n) is 16.9. The van der Waals surface area contributed by atoms with Gasteiger partial charge in [0.25, 0.3) is 0 Å². The predicted molar refractivity (Wildman–Crippen MR) is 270 cm³/mol.